The van der Waals surface area contributed by atoms with Gasteiger partial charge in [0.25, 0.3) is 0 Å². The molecule has 1 aromatic heterocycles. The second-order valence-electron chi connectivity index (χ2n) is 6.45. The molecule has 0 saturated carbocycles. The van der Waals surface area contributed by atoms with Gasteiger partial charge in [-0.25, -0.2) is 12.8 Å². The third-order valence-electron chi connectivity index (χ3n) is 4.43. The van der Waals surface area contributed by atoms with Crippen LogP contribution in [0.1, 0.15) is 5.56 Å². The molecule has 3 rings (SSSR count). The molecule has 7 nitrogen and oxygen atoms in total. The van der Waals surface area contributed by atoms with Gasteiger partial charge in [0, 0.05) is 40.3 Å². The summed E-state index contributed by atoms with van der Waals surface area (Å²) in [5.41, 5.74) is 0.541. The van der Waals surface area contributed by atoms with Gasteiger partial charge in [0.15, 0.2) is 11.6 Å². The Kier molecular flexibility index (Phi) is 5.10. The molecule has 0 amide bonds. The highest BCUT2D eigenvalue weighted by molar-refractivity contribution is 7.89. The van der Waals surface area contributed by atoms with Crippen molar-refractivity contribution in [2.75, 3.05) is 50.1 Å². The first-order valence-corrected chi connectivity index (χ1v) is 9.75. The molecule has 0 atom stereocenters. The van der Waals surface area contributed by atoms with Crippen LogP contribution in [0, 0.1) is 12.7 Å². The average molecular weight is 379 g/mol. The van der Waals surface area contributed by atoms with Crippen LogP contribution in [0.5, 0.6) is 0 Å². The molecule has 1 aliphatic heterocycles. The predicted octanol–water partition coefficient (Wildman–Crippen LogP) is 1.50. The Bertz CT molecular complexity index is 879. The first-order chi connectivity index (χ1) is 12.3. The van der Waals surface area contributed by atoms with Crippen molar-refractivity contribution in [2.24, 2.45) is 0 Å². The van der Waals surface area contributed by atoms with Crippen LogP contribution in [0.2, 0.25) is 0 Å². The van der Waals surface area contributed by atoms with Crippen molar-refractivity contribution in [1.82, 2.24) is 14.5 Å². The molecule has 1 aliphatic rings. The van der Waals surface area contributed by atoms with Crippen LogP contribution in [-0.4, -0.2) is 63.2 Å². The Morgan fingerprint density at radius 3 is 2.31 bits per heavy atom. The van der Waals surface area contributed by atoms with E-state index in [9.17, 15) is 12.8 Å². The van der Waals surface area contributed by atoms with Crippen molar-refractivity contribution in [3.05, 3.63) is 41.7 Å². The molecule has 140 valence electrons. The van der Waals surface area contributed by atoms with E-state index < -0.39 is 15.8 Å². The molecular formula is C17H22FN5O2S. The molecule has 0 bridgehead atoms. The second-order valence-corrected chi connectivity index (χ2v) is 8.35. The van der Waals surface area contributed by atoms with Crippen molar-refractivity contribution >= 4 is 21.7 Å². The number of nitrogens with zero attached hydrogens (tertiary/aromatic N) is 5. The lowest BCUT2D eigenvalue weighted by atomic mass is 10.2. The normalized spacial score (nSPS) is 15.9. The Morgan fingerprint density at radius 1 is 1.04 bits per heavy atom. The summed E-state index contributed by atoms with van der Waals surface area (Å²) in [7, 11) is 0.0664. The van der Waals surface area contributed by atoms with Crippen molar-refractivity contribution < 1.29 is 12.8 Å². The van der Waals surface area contributed by atoms with Crippen molar-refractivity contribution in [3.8, 4) is 0 Å². The van der Waals surface area contributed by atoms with Crippen LogP contribution >= 0.6 is 0 Å². The topological polar surface area (TPSA) is 69.6 Å². The smallest absolute Gasteiger partial charge is 0.243 e. The van der Waals surface area contributed by atoms with E-state index in [0.29, 0.717) is 31.7 Å². The zero-order chi connectivity index (χ0) is 18.9. The van der Waals surface area contributed by atoms with Crippen molar-refractivity contribution in [2.45, 2.75) is 11.8 Å². The molecule has 9 heteroatoms. The number of aromatic nitrogens is 2. The van der Waals surface area contributed by atoms with Crippen LogP contribution in [-0.2, 0) is 10.0 Å². The van der Waals surface area contributed by atoms with E-state index in [4.69, 9.17) is 0 Å². The zero-order valence-electron chi connectivity index (χ0n) is 15.1. The number of benzene rings is 1. The Balaban J connectivity index is 1.72. The van der Waals surface area contributed by atoms with Gasteiger partial charge >= 0.3 is 0 Å². The first-order valence-electron chi connectivity index (χ1n) is 8.31. The van der Waals surface area contributed by atoms with Crippen LogP contribution in [0.15, 0.2) is 35.2 Å². The highest BCUT2D eigenvalue weighted by Gasteiger charge is 2.30. The number of sulfonamides is 1. The quantitative estimate of drug-likeness (QED) is 0.802. The van der Waals surface area contributed by atoms with Gasteiger partial charge in [0.2, 0.25) is 10.0 Å². The molecule has 1 aromatic carbocycles. The lowest BCUT2D eigenvalue weighted by molar-refractivity contribution is 0.383. The molecule has 2 aromatic rings. The number of hydrogen-bond donors (Lipinski definition) is 0. The van der Waals surface area contributed by atoms with E-state index in [-0.39, 0.29) is 4.90 Å². The summed E-state index contributed by atoms with van der Waals surface area (Å²) in [6.07, 6.45) is 0. The molecule has 0 N–H and O–H groups in total. The van der Waals surface area contributed by atoms with Gasteiger partial charge in [0.1, 0.15) is 5.82 Å². The molecule has 0 aliphatic carbocycles. The van der Waals surface area contributed by atoms with Crippen LogP contribution in [0.3, 0.4) is 0 Å². The number of rotatable bonds is 4. The van der Waals surface area contributed by atoms with Gasteiger partial charge in [-0.1, -0.05) is 6.07 Å². The maximum atomic E-state index is 13.5. The van der Waals surface area contributed by atoms with E-state index in [1.807, 2.05) is 36.0 Å². The Hall–Kier alpha value is -2.26. The monoisotopic (exact) mass is 379 g/mol. The highest BCUT2D eigenvalue weighted by Crippen LogP contribution is 2.23. The molecule has 1 saturated heterocycles. The van der Waals surface area contributed by atoms with Gasteiger partial charge in [-0.3, -0.25) is 0 Å². The molecule has 2 heterocycles. The van der Waals surface area contributed by atoms with Crippen molar-refractivity contribution in [3.63, 3.8) is 0 Å². The van der Waals surface area contributed by atoms with Crippen LogP contribution in [0.25, 0.3) is 0 Å². The minimum absolute atomic E-state index is 0.0288. The molecule has 0 radical (unpaired) electrons. The van der Waals surface area contributed by atoms with Crippen LogP contribution < -0.4 is 9.80 Å². The van der Waals surface area contributed by atoms with Crippen LogP contribution in [0.4, 0.5) is 16.0 Å². The average Bonchev–Trinajstić information content (AvgIpc) is 2.64. The molecule has 26 heavy (non-hydrogen) atoms. The second kappa shape index (κ2) is 7.16. The summed E-state index contributed by atoms with van der Waals surface area (Å²) in [5, 5.41) is 8.36. The third kappa shape index (κ3) is 3.63. The first kappa shape index (κ1) is 18.5. The summed E-state index contributed by atoms with van der Waals surface area (Å²) in [5.74, 6) is 0.926. The summed E-state index contributed by atoms with van der Waals surface area (Å²) in [6, 6.07) is 7.59. The minimum Gasteiger partial charge on any atom is -0.361 e. The minimum atomic E-state index is -3.71. The fourth-order valence-corrected chi connectivity index (χ4v) is 4.53. The van der Waals surface area contributed by atoms with Gasteiger partial charge < -0.3 is 9.80 Å². The van der Waals surface area contributed by atoms with E-state index in [1.54, 1.807) is 6.92 Å². The number of halogens is 1. The largest absolute Gasteiger partial charge is 0.361 e. The van der Waals surface area contributed by atoms with E-state index >= 15 is 0 Å². The predicted molar refractivity (Wildman–Crippen MR) is 98.5 cm³/mol. The fraction of sp³-hybridized carbons (Fsp3) is 0.412. The van der Waals surface area contributed by atoms with E-state index in [2.05, 4.69) is 10.2 Å². The fourth-order valence-electron chi connectivity index (χ4n) is 2.87. The van der Waals surface area contributed by atoms with Gasteiger partial charge in [-0.15, -0.1) is 10.2 Å². The molecular weight excluding hydrogens is 357 g/mol. The number of hydrogen-bond acceptors (Lipinski definition) is 6. The Morgan fingerprint density at radius 2 is 1.73 bits per heavy atom. The standard InChI is InChI=1S/C17H22FN5O2S/c1-13-4-5-14(18)12-15(13)26(24,25)23-10-8-22(9-11-23)17-7-6-16(19-20-17)21(2)3/h4-7,12H,8-11H2,1-3H3. The van der Waals surface area contributed by atoms with Gasteiger partial charge in [-0.2, -0.15) is 4.31 Å². The van der Waals surface area contributed by atoms with Crippen molar-refractivity contribution in [1.29, 1.82) is 0 Å². The highest BCUT2D eigenvalue weighted by atomic mass is 32.2. The molecule has 0 unspecified atom stereocenters. The summed E-state index contributed by atoms with van der Waals surface area (Å²) in [4.78, 5) is 3.89. The SMILES string of the molecule is Cc1ccc(F)cc1S(=O)(=O)N1CCN(c2ccc(N(C)C)nn2)CC1. The summed E-state index contributed by atoms with van der Waals surface area (Å²) in [6.45, 7) is 3.31. The maximum Gasteiger partial charge on any atom is 0.243 e. The zero-order valence-corrected chi connectivity index (χ0v) is 15.9. The van der Waals surface area contributed by atoms with Gasteiger partial charge in [0.05, 0.1) is 4.90 Å². The maximum absolute atomic E-state index is 13.5. The third-order valence-corrected chi connectivity index (χ3v) is 6.47. The lowest BCUT2D eigenvalue weighted by Gasteiger charge is -2.34. The molecule has 1 fully saturated rings. The number of anilines is 2. The number of aryl methyl sites for hydroxylation is 1. The lowest BCUT2D eigenvalue weighted by Crippen LogP contribution is -2.49. The summed E-state index contributed by atoms with van der Waals surface area (Å²) < 4.78 is 40.6. The summed E-state index contributed by atoms with van der Waals surface area (Å²) >= 11 is 0. The number of piperazine rings is 1. The Labute approximate surface area is 153 Å². The van der Waals surface area contributed by atoms with Gasteiger partial charge in [-0.05, 0) is 36.8 Å². The van der Waals surface area contributed by atoms with E-state index in [1.165, 1.54) is 16.4 Å². The van der Waals surface area contributed by atoms with E-state index in [0.717, 1.165) is 17.7 Å². The molecule has 0 spiro atoms.